The van der Waals surface area contributed by atoms with Gasteiger partial charge in [-0.25, -0.2) is 0 Å². The van der Waals surface area contributed by atoms with E-state index in [1.165, 1.54) is 0 Å². The highest BCUT2D eigenvalue weighted by Crippen LogP contribution is 2.27. The van der Waals surface area contributed by atoms with Gasteiger partial charge in [0.2, 0.25) is 0 Å². The van der Waals surface area contributed by atoms with E-state index in [2.05, 4.69) is 4.98 Å². The Morgan fingerprint density at radius 3 is 2.65 bits per heavy atom. The summed E-state index contributed by atoms with van der Waals surface area (Å²) >= 11 is 0. The summed E-state index contributed by atoms with van der Waals surface area (Å²) in [6.07, 6.45) is 0.161. The molecule has 0 spiro atoms. The molecule has 0 aliphatic rings. The van der Waals surface area contributed by atoms with Crippen LogP contribution in [-0.2, 0) is 11.2 Å². The van der Waals surface area contributed by atoms with Gasteiger partial charge in [0, 0.05) is 17.5 Å². The van der Waals surface area contributed by atoms with Crippen LogP contribution in [0.15, 0.2) is 41.2 Å². The van der Waals surface area contributed by atoms with E-state index < -0.39 is 5.97 Å². The Labute approximate surface area is 115 Å². The maximum absolute atomic E-state index is 11.9. The molecule has 1 aromatic heterocycles. The molecule has 1 heterocycles. The lowest BCUT2D eigenvalue weighted by Gasteiger charge is -2.08. The van der Waals surface area contributed by atoms with Crippen molar-refractivity contribution in [2.24, 2.45) is 0 Å². The molecule has 2 rings (SSSR count). The molecule has 20 heavy (non-hydrogen) atoms. The molecule has 0 unspecified atom stereocenters. The van der Waals surface area contributed by atoms with E-state index >= 15 is 0 Å². The number of para-hydroxylation sites is 1. The van der Waals surface area contributed by atoms with Crippen LogP contribution in [0.4, 0.5) is 0 Å². The lowest BCUT2D eigenvalue weighted by molar-refractivity contribution is -0.136. The molecule has 0 aliphatic heterocycles. The number of pyridine rings is 1. The third-order valence-corrected chi connectivity index (χ3v) is 3.00. The predicted octanol–water partition coefficient (Wildman–Crippen LogP) is 2.07. The van der Waals surface area contributed by atoms with Gasteiger partial charge in [0.25, 0.3) is 5.56 Å². The van der Waals surface area contributed by atoms with Crippen molar-refractivity contribution < 1.29 is 14.6 Å². The van der Waals surface area contributed by atoms with E-state index in [1.54, 1.807) is 19.2 Å². The van der Waals surface area contributed by atoms with Gasteiger partial charge in [-0.15, -0.1) is 0 Å². The minimum Gasteiger partial charge on any atom is -0.496 e. The summed E-state index contributed by atoms with van der Waals surface area (Å²) in [6, 6.07) is 10.8. The zero-order valence-electron chi connectivity index (χ0n) is 11.1. The van der Waals surface area contributed by atoms with Gasteiger partial charge in [-0.2, -0.15) is 0 Å². The number of hydrogen-bond acceptors (Lipinski definition) is 3. The molecule has 2 N–H and O–H groups in total. The summed E-state index contributed by atoms with van der Waals surface area (Å²) in [4.78, 5) is 25.2. The normalized spacial score (nSPS) is 10.2. The first-order chi connectivity index (χ1) is 9.61. The van der Waals surface area contributed by atoms with Gasteiger partial charge in [-0.3, -0.25) is 9.59 Å². The van der Waals surface area contributed by atoms with Crippen LogP contribution < -0.4 is 10.3 Å². The highest BCUT2D eigenvalue weighted by atomic mass is 16.5. The zero-order valence-corrected chi connectivity index (χ0v) is 11.1. The summed E-state index contributed by atoms with van der Waals surface area (Å²) in [5.74, 6) is -0.250. The van der Waals surface area contributed by atoms with Crippen LogP contribution in [-0.4, -0.2) is 23.2 Å². The van der Waals surface area contributed by atoms with Crippen molar-refractivity contribution in [3.63, 3.8) is 0 Å². The number of rotatable bonds is 5. The van der Waals surface area contributed by atoms with Crippen LogP contribution in [0.25, 0.3) is 11.3 Å². The smallest absolute Gasteiger partial charge is 0.303 e. The molecule has 2 aromatic rings. The number of ether oxygens (including phenoxy) is 1. The molecule has 1 aromatic carbocycles. The average molecular weight is 273 g/mol. The van der Waals surface area contributed by atoms with Gasteiger partial charge in [-0.05, 0) is 24.6 Å². The second-order valence-electron chi connectivity index (χ2n) is 4.32. The average Bonchev–Trinajstić information content (AvgIpc) is 2.45. The molecule has 0 amide bonds. The van der Waals surface area contributed by atoms with Gasteiger partial charge in [0.1, 0.15) is 5.75 Å². The molecule has 5 heteroatoms. The van der Waals surface area contributed by atoms with E-state index in [1.807, 2.05) is 24.3 Å². The third-order valence-electron chi connectivity index (χ3n) is 3.00. The minimum atomic E-state index is -0.918. The SMILES string of the molecule is COc1ccccc1-c1ccc(CCC(=O)O)c(=O)[nH]1. The minimum absolute atomic E-state index is 0.0584. The number of aromatic nitrogens is 1. The first-order valence-electron chi connectivity index (χ1n) is 6.19. The topological polar surface area (TPSA) is 79.4 Å². The summed E-state index contributed by atoms with van der Waals surface area (Å²) in [7, 11) is 1.57. The number of carboxylic acids is 1. The molecule has 0 saturated carbocycles. The van der Waals surface area contributed by atoms with E-state index in [4.69, 9.17) is 9.84 Å². The van der Waals surface area contributed by atoms with E-state index in [0.29, 0.717) is 17.0 Å². The quantitative estimate of drug-likeness (QED) is 0.874. The summed E-state index contributed by atoms with van der Waals surface area (Å²) in [5, 5.41) is 8.64. The Bertz CT molecular complexity index is 676. The van der Waals surface area contributed by atoms with Gasteiger partial charge in [0.05, 0.1) is 12.8 Å². The summed E-state index contributed by atoms with van der Waals surface area (Å²) < 4.78 is 5.25. The van der Waals surface area contributed by atoms with Crippen molar-refractivity contribution in [2.45, 2.75) is 12.8 Å². The van der Waals surface area contributed by atoms with Crippen LogP contribution in [0.3, 0.4) is 0 Å². The van der Waals surface area contributed by atoms with E-state index in [9.17, 15) is 9.59 Å². The number of nitrogens with one attached hydrogen (secondary N) is 1. The van der Waals surface area contributed by atoms with Crippen LogP contribution in [0.2, 0.25) is 0 Å². The molecule has 0 fully saturated rings. The maximum atomic E-state index is 11.9. The number of benzene rings is 1. The molecule has 0 bridgehead atoms. The fraction of sp³-hybridized carbons (Fsp3) is 0.200. The lowest BCUT2D eigenvalue weighted by Crippen LogP contribution is -2.14. The molecule has 104 valence electrons. The van der Waals surface area contributed by atoms with Crippen LogP contribution in [0, 0.1) is 0 Å². The molecule has 0 radical (unpaired) electrons. The summed E-state index contributed by atoms with van der Waals surface area (Å²) in [5.41, 5.74) is 1.63. The Morgan fingerprint density at radius 1 is 1.25 bits per heavy atom. The van der Waals surface area contributed by atoms with Crippen molar-refractivity contribution in [3.05, 3.63) is 52.3 Å². The van der Waals surface area contributed by atoms with Crippen molar-refractivity contribution in [1.82, 2.24) is 4.98 Å². The number of carboxylic acid groups (broad SMARTS) is 1. The molecule has 0 aliphatic carbocycles. The number of methoxy groups -OCH3 is 1. The largest absolute Gasteiger partial charge is 0.496 e. The molecular weight excluding hydrogens is 258 g/mol. The number of aromatic amines is 1. The summed E-state index contributed by atoms with van der Waals surface area (Å²) in [6.45, 7) is 0. The van der Waals surface area contributed by atoms with Crippen molar-refractivity contribution in [3.8, 4) is 17.0 Å². The van der Waals surface area contributed by atoms with Crippen molar-refractivity contribution in [1.29, 1.82) is 0 Å². The van der Waals surface area contributed by atoms with Crippen LogP contribution >= 0.6 is 0 Å². The lowest BCUT2D eigenvalue weighted by atomic mass is 10.1. The van der Waals surface area contributed by atoms with Gasteiger partial charge in [-0.1, -0.05) is 18.2 Å². The molecule has 0 saturated heterocycles. The molecule has 0 atom stereocenters. The van der Waals surface area contributed by atoms with Gasteiger partial charge >= 0.3 is 5.97 Å². The maximum Gasteiger partial charge on any atom is 0.303 e. The first kappa shape index (κ1) is 13.9. The van der Waals surface area contributed by atoms with Gasteiger partial charge in [0.15, 0.2) is 0 Å². The monoisotopic (exact) mass is 273 g/mol. The highest BCUT2D eigenvalue weighted by molar-refractivity contribution is 5.68. The molecular formula is C15H15NO4. The second-order valence-corrected chi connectivity index (χ2v) is 4.32. The fourth-order valence-electron chi connectivity index (χ4n) is 1.97. The zero-order chi connectivity index (χ0) is 14.5. The van der Waals surface area contributed by atoms with Crippen LogP contribution in [0.1, 0.15) is 12.0 Å². The highest BCUT2D eigenvalue weighted by Gasteiger charge is 2.08. The Balaban J connectivity index is 2.33. The second kappa shape index (κ2) is 6.06. The Morgan fingerprint density at radius 2 is 2.00 bits per heavy atom. The number of carbonyl (C=O) groups is 1. The molecule has 5 nitrogen and oxygen atoms in total. The Hall–Kier alpha value is -2.56. The van der Waals surface area contributed by atoms with Gasteiger partial charge < -0.3 is 14.8 Å². The number of aryl methyl sites for hydroxylation is 1. The first-order valence-corrected chi connectivity index (χ1v) is 6.19. The fourth-order valence-corrected chi connectivity index (χ4v) is 1.97. The number of hydrogen-bond donors (Lipinski definition) is 2. The third kappa shape index (κ3) is 3.06. The van der Waals surface area contributed by atoms with E-state index in [-0.39, 0.29) is 18.4 Å². The van der Waals surface area contributed by atoms with Crippen molar-refractivity contribution >= 4 is 5.97 Å². The standard InChI is InChI=1S/C15H15NO4/c1-20-13-5-3-2-4-11(13)12-8-6-10(15(19)16-12)7-9-14(17)18/h2-6,8H,7,9H2,1H3,(H,16,19)(H,17,18). The Kier molecular flexibility index (Phi) is 4.20. The number of aliphatic carboxylic acids is 1. The predicted molar refractivity (Wildman–Crippen MR) is 75.0 cm³/mol. The van der Waals surface area contributed by atoms with E-state index in [0.717, 1.165) is 5.56 Å². The van der Waals surface area contributed by atoms with Crippen LogP contribution in [0.5, 0.6) is 5.75 Å². The van der Waals surface area contributed by atoms with Crippen molar-refractivity contribution in [2.75, 3.05) is 7.11 Å². The number of H-pyrrole nitrogens is 1.